The molecule has 0 unspecified atom stereocenters. The minimum Gasteiger partial charge on any atom is -0.508 e. The third kappa shape index (κ3) is 3.28. The van der Waals surface area contributed by atoms with E-state index in [1.807, 2.05) is 36.4 Å². The molecule has 0 aliphatic rings. The van der Waals surface area contributed by atoms with Crippen molar-refractivity contribution in [1.29, 1.82) is 0 Å². The number of phenolic OH excluding ortho intramolecular Hbond substituents is 2. The standard InChI is InChI=1S/C23H17NO2/c25-22-13-21(14-23(26)15-22)19-7-5-17(6-8-19)16-1-3-18(4-2-16)20-9-11-24-12-10-20/h1-15,25-26H. The predicted molar refractivity (Wildman–Crippen MR) is 104 cm³/mol. The third-order valence-corrected chi connectivity index (χ3v) is 4.35. The fourth-order valence-corrected chi connectivity index (χ4v) is 3.02. The molecule has 0 amide bonds. The Kier molecular flexibility index (Phi) is 4.12. The van der Waals surface area contributed by atoms with Crippen LogP contribution in [0.15, 0.2) is 91.3 Å². The molecular weight excluding hydrogens is 322 g/mol. The van der Waals surface area contributed by atoms with E-state index in [4.69, 9.17) is 0 Å². The second-order valence-electron chi connectivity index (χ2n) is 6.13. The van der Waals surface area contributed by atoms with Crippen LogP contribution < -0.4 is 0 Å². The molecule has 0 aliphatic carbocycles. The molecule has 0 radical (unpaired) electrons. The van der Waals surface area contributed by atoms with Gasteiger partial charge in [0.25, 0.3) is 0 Å². The lowest BCUT2D eigenvalue weighted by Gasteiger charge is -2.07. The normalized spacial score (nSPS) is 10.6. The smallest absolute Gasteiger partial charge is 0.119 e. The summed E-state index contributed by atoms with van der Waals surface area (Å²) in [4.78, 5) is 4.05. The highest BCUT2D eigenvalue weighted by Crippen LogP contribution is 2.31. The largest absolute Gasteiger partial charge is 0.508 e. The summed E-state index contributed by atoms with van der Waals surface area (Å²) < 4.78 is 0. The highest BCUT2D eigenvalue weighted by molar-refractivity contribution is 5.74. The van der Waals surface area contributed by atoms with Crippen molar-refractivity contribution in [3.05, 3.63) is 91.3 Å². The van der Waals surface area contributed by atoms with Crippen LogP contribution in [0.2, 0.25) is 0 Å². The Balaban J connectivity index is 1.61. The van der Waals surface area contributed by atoms with Gasteiger partial charge in [-0.3, -0.25) is 4.98 Å². The predicted octanol–water partition coefficient (Wildman–Crippen LogP) is 5.49. The lowest BCUT2D eigenvalue weighted by atomic mass is 9.98. The van der Waals surface area contributed by atoms with Crippen molar-refractivity contribution >= 4 is 0 Å². The van der Waals surface area contributed by atoms with Crippen LogP contribution in [-0.2, 0) is 0 Å². The van der Waals surface area contributed by atoms with Crippen LogP contribution in [0, 0.1) is 0 Å². The van der Waals surface area contributed by atoms with Crippen LogP contribution in [0.3, 0.4) is 0 Å². The van der Waals surface area contributed by atoms with E-state index in [0.29, 0.717) is 0 Å². The van der Waals surface area contributed by atoms with Crippen molar-refractivity contribution in [3.63, 3.8) is 0 Å². The molecule has 126 valence electrons. The molecule has 2 N–H and O–H groups in total. The zero-order chi connectivity index (χ0) is 17.9. The van der Waals surface area contributed by atoms with E-state index in [9.17, 15) is 10.2 Å². The Labute approximate surface area is 151 Å². The van der Waals surface area contributed by atoms with E-state index in [0.717, 1.165) is 33.4 Å². The number of phenols is 2. The van der Waals surface area contributed by atoms with Gasteiger partial charge in [-0.1, -0.05) is 48.5 Å². The Morgan fingerprint density at radius 2 is 0.769 bits per heavy atom. The molecule has 4 aromatic rings. The van der Waals surface area contributed by atoms with E-state index in [2.05, 4.69) is 29.2 Å². The average Bonchev–Trinajstić information content (AvgIpc) is 2.68. The number of aromatic hydroxyl groups is 2. The number of aromatic nitrogens is 1. The number of rotatable bonds is 3. The number of nitrogens with zero attached hydrogens (tertiary/aromatic N) is 1. The fraction of sp³-hybridized carbons (Fsp3) is 0. The van der Waals surface area contributed by atoms with Crippen molar-refractivity contribution in [1.82, 2.24) is 4.98 Å². The maximum Gasteiger partial charge on any atom is 0.119 e. The van der Waals surface area contributed by atoms with Crippen LogP contribution in [-0.4, -0.2) is 15.2 Å². The molecule has 3 heteroatoms. The maximum atomic E-state index is 9.64. The van der Waals surface area contributed by atoms with Gasteiger partial charge in [0, 0.05) is 18.5 Å². The summed E-state index contributed by atoms with van der Waals surface area (Å²) in [6.45, 7) is 0. The fourth-order valence-electron chi connectivity index (χ4n) is 3.02. The topological polar surface area (TPSA) is 53.4 Å². The van der Waals surface area contributed by atoms with Crippen LogP contribution >= 0.6 is 0 Å². The second kappa shape index (κ2) is 6.73. The molecule has 3 aromatic carbocycles. The SMILES string of the molecule is Oc1cc(O)cc(-c2ccc(-c3ccc(-c4ccncc4)cc3)cc2)c1. The van der Waals surface area contributed by atoms with Crippen LogP contribution in [0.1, 0.15) is 0 Å². The molecule has 1 aromatic heterocycles. The monoisotopic (exact) mass is 339 g/mol. The van der Waals surface area contributed by atoms with Gasteiger partial charge < -0.3 is 10.2 Å². The van der Waals surface area contributed by atoms with E-state index in [1.165, 1.54) is 6.07 Å². The average molecular weight is 339 g/mol. The summed E-state index contributed by atoms with van der Waals surface area (Å²) in [6, 6.07) is 25.0. The minimum atomic E-state index is 0.0516. The zero-order valence-corrected chi connectivity index (χ0v) is 14.0. The van der Waals surface area contributed by atoms with E-state index < -0.39 is 0 Å². The van der Waals surface area contributed by atoms with Crippen molar-refractivity contribution in [2.24, 2.45) is 0 Å². The second-order valence-corrected chi connectivity index (χ2v) is 6.13. The molecule has 26 heavy (non-hydrogen) atoms. The highest BCUT2D eigenvalue weighted by Gasteiger charge is 2.04. The summed E-state index contributed by atoms with van der Waals surface area (Å²) in [5, 5.41) is 19.3. The Morgan fingerprint density at radius 3 is 1.19 bits per heavy atom. The quantitative estimate of drug-likeness (QED) is 0.518. The lowest BCUT2D eigenvalue weighted by Crippen LogP contribution is -1.82. The highest BCUT2D eigenvalue weighted by atomic mass is 16.3. The molecule has 0 bridgehead atoms. The van der Waals surface area contributed by atoms with E-state index in [1.54, 1.807) is 24.5 Å². The third-order valence-electron chi connectivity index (χ3n) is 4.35. The molecule has 3 nitrogen and oxygen atoms in total. The minimum absolute atomic E-state index is 0.0516. The zero-order valence-electron chi connectivity index (χ0n) is 14.0. The molecule has 0 fully saturated rings. The summed E-state index contributed by atoms with van der Waals surface area (Å²) in [5.41, 5.74) is 6.26. The van der Waals surface area contributed by atoms with Gasteiger partial charge in [0.15, 0.2) is 0 Å². The molecule has 0 atom stereocenters. The summed E-state index contributed by atoms with van der Waals surface area (Å²) >= 11 is 0. The van der Waals surface area contributed by atoms with Crippen LogP contribution in [0.5, 0.6) is 11.5 Å². The van der Waals surface area contributed by atoms with Gasteiger partial charge >= 0.3 is 0 Å². The van der Waals surface area contributed by atoms with Crippen molar-refractivity contribution < 1.29 is 10.2 Å². The van der Waals surface area contributed by atoms with Gasteiger partial charge in [0.05, 0.1) is 0 Å². The lowest BCUT2D eigenvalue weighted by molar-refractivity contribution is 0.451. The summed E-state index contributed by atoms with van der Waals surface area (Å²) in [6.07, 6.45) is 3.59. The van der Waals surface area contributed by atoms with Gasteiger partial charge in [-0.05, 0) is 57.6 Å². The van der Waals surface area contributed by atoms with Gasteiger partial charge in [-0.2, -0.15) is 0 Å². The Bertz CT molecular complexity index is 1000. The first kappa shape index (κ1) is 15.9. The maximum absolute atomic E-state index is 9.64. The molecule has 0 spiro atoms. The van der Waals surface area contributed by atoms with Gasteiger partial charge in [0.2, 0.25) is 0 Å². The first-order chi connectivity index (χ1) is 12.7. The molecule has 1 heterocycles. The van der Waals surface area contributed by atoms with Crippen molar-refractivity contribution in [3.8, 4) is 44.9 Å². The molecule has 0 saturated heterocycles. The van der Waals surface area contributed by atoms with E-state index >= 15 is 0 Å². The number of pyridine rings is 1. The van der Waals surface area contributed by atoms with Crippen LogP contribution in [0.4, 0.5) is 0 Å². The van der Waals surface area contributed by atoms with Crippen LogP contribution in [0.25, 0.3) is 33.4 Å². The molecule has 0 saturated carbocycles. The number of hydrogen-bond acceptors (Lipinski definition) is 3. The van der Waals surface area contributed by atoms with E-state index in [-0.39, 0.29) is 11.5 Å². The number of benzene rings is 3. The van der Waals surface area contributed by atoms with Gasteiger partial charge in [0.1, 0.15) is 11.5 Å². The van der Waals surface area contributed by atoms with Gasteiger partial charge in [-0.25, -0.2) is 0 Å². The molecule has 0 aliphatic heterocycles. The first-order valence-corrected chi connectivity index (χ1v) is 8.33. The molecule has 4 rings (SSSR count). The van der Waals surface area contributed by atoms with Crippen molar-refractivity contribution in [2.75, 3.05) is 0 Å². The first-order valence-electron chi connectivity index (χ1n) is 8.33. The Morgan fingerprint density at radius 1 is 0.423 bits per heavy atom. The summed E-state index contributed by atoms with van der Waals surface area (Å²) in [5.74, 6) is 0.103. The van der Waals surface area contributed by atoms with Gasteiger partial charge in [-0.15, -0.1) is 0 Å². The number of hydrogen-bond donors (Lipinski definition) is 2. The van der Waals surface area contributed by atoms with Crippen molar-refractivity contribution in [2.45, 2.75) is 0 Å². The molecular formula is C23H17NO2. The Hall–Kier alpha value is -3.59. The summed E-state index contributed by atoms with van der Waals surface area (Å²) in [7, 11) is 0.